The van der Waals surface area contributed by atoms with Gasteiger partial charge in [0.05, 0.1) is 10.9 Å². The van der Waals surface area contributed by atoms with Crippen molar-refractivity contribution >= 4 is 29.1 Å². The molecule has 0 spiro atoms. The highest BCUT2D eigenvalue weighted by Crippen LogP contribution is 2.53. The van der Waals surface area contributed by atoms with Crippen LogP contribution in [0.5, 0.6) is 0 Å². The number of nitrogens with zero attached hydrogens (tertiary/aromatic N) is 1. The van der Waals surface area contributed by atoms with Gasteiger partial charge in [-0.1, -0.05) is 60.8 Å². The molecule has 2 nitrogen and oxygen atoms in total. The molecule has 0 N–H and O–H groups in total. The number of carbonyl (C=O) groups is 1. The lowest BCUT2D eigenvalue weighted by Gasteiger charge is -2.52. The molecular weight excluding hydrogens is 377 g/mol. The van der Waals surface area contributed by atoms with Crippen LogP contribution in [0.4, 0.5) is 0 Å². The minimum atomic E-state index is -0.232. The molecule has 1 aliphatic heterocycles. The van der Waals surface area contributed by atoms with E-state index >= 15 is 0 Å². The van der Waals surface area contributed by atoms with Gasteiger partial charge in [0.2, 0.25) is 0 Å². The fourth-order valence-electron chi connectivity index (χ4n) is 4.94. The summed E-state index contributed by atoms with van der Waals surface area (Å²) in [5.41, 5.74) is 2.80. The van der Waals surface area contributed by atoms with Crippen molar-refractivity contribution in [2.24, 2.45) is 5.92 Å². The highest BCUT2D eigenvalue weighted by molar-refractivity contribution is 6.31. The SMILES string of the molecule is Cc1ccccc1C(=O)N1CCC2(Cl)CCCCC2C1c1ccccc1Cl. The van der Waals surface area contributed by atoms with Gasteiger partial charge in [0.1, 0.15) is 0 Å². The maximum absolute atomic E-state index is 13.5. The van der Waals surface area contributed by atoms with Crippen molar-refractivity contribution in [1.29, 1.82) is 0 Å². The molecule has 142 valence electrons. The van der Waals surface area contributed by atoms with Gasteiger partial charge in [0, 0.05) is 23.0 Å². The van der Waals surface area contributed by atoms with Crippen LogP contribution < -0.4 is 0 Å². The van der Waals surface area contributed by atoms with Crippen LogP contribution in [-0.4, -0.2) is 22.2 Å². The first-order valence-corrected chi connectivity index (χ1v) is 10.6. The van der Waals surface area contributed by atoms with Gasteiger partial charge in [-0.25, -0.2) is 0 Å². The van der Waals surface area contributed by atoms with Gasteiger partial charge in [-0.3, -0.25) is 4.79 Å². The molecule has 0 radical (unpaired) electrons. The molecule has 27 heavy (non-hydrogen) atoms. The molecule has 0 aromatic heterocycles. The topological polar surface area (TPSA) is 20.3 Å². The first-order valence-electron chi connectivity index (χ1n) is 9.81. The van der Waals surface area contributed by atoms with Crippen molar-refractivity contribution < 1.29 is 4.79 Å². The predicted molar refractivity (Wildman–Crippen MR) is 112 cm³/mol. The Bertz CT molecular complexity index is 852. The monoisotopic (exact) mass is 401 g/mol. The number of halogens is 2. The normalized spacial score (nSPS) is 27.9. The van der Waals surface area contributed by atoms with Crippen LogP contribution in [0.15, 0.2) is 48.5 Å². The maximum Gasteiger partial charge on any atom is 0.254 e. The van der Waals surface area contributed by atoms with Crippen molar-refractivity contribution in [2.75, 3.05) is 6.54 Å². The van der Waals surface area contributed by atoms with Crippen molar-refractivity contribution in [3.8, 4) is 0 Å². The highest BCUT2D eigenvalue weighted by Gasteiger charge is 2.50. The number of amides is 1. The molecule has 1 saturated carbocycles. The lowest BCUT2D eigenvalue weighted by atomic mass is 9.68. The Hall–Kier alpha value is -1.51. The van der Waals surface area contributed by atoms with Crippen LogP contribution in [0, 0.1) is 12.8 Å². The Morgan fingerprint density at radius 2 is 1.81 bits per heavy atom. The minimum Gasteiger partial charge on any atom is -0.331 e. The van der Waals surface area contributed by atoms with E-state index in [9.17, 15) is 4.79 Å². The fourth-order valence-corrected chi connectivity index (χ4v) is 5.63. The van der Waals surface area contributed by atoms with Crippen LogP contribution >= 0.6 is 23.2 Å². The molecule has 0 bridgehead atoms. The standard InChI is InChI=1S/C23H25Cl2NO/c1-16-8-2-3-9-17(16)22(27)26-15-14-23(25)13-7-6-11-19(23)21(26)18-10-4-5-12-20(18)24/h2-5,8-10,12,19,21H,6-7,11,13-15H2,1H3. The molecule has 4 rings (SSSR count). The number of alkyl halides is 1. The average molecular weight is 402 g/mol. The summed E-state index contributed by atoms with van der Waals surface area (Å²) in [6.45, 7) is 2.66. The van der Waals surface area contributed by atoms with Gasteiger partial charge in [0.15, 0.2) is 0 Å². The second-order valence-corrected chi connectivity index (χ2v) is 9.08. The van der Waals surface area contributed by atoms with Gasteiger partial charge >= 0.3 is 0 Å². The molecule has 2 aromatic rings. The quantitative estimate of drug-likeness (QED) is 0.532. The number of hydrogen-bond acceptors (Lipinski definition) is 1. The zero-order valence-corrected chi connectivity index (χ0v) is 17.1. The molecule has 1 heterocycles. The van der Waals surface area contributed by atoms with E-state index in [4.69, 9.17) is 23.2 Å². The summed E-state index contributed by atoms with van der Waals surface area (Å²) < 4.78 is 0. The third kappa shape index (κ3) is 3.39. The van der Waals surface area contributed by atoms with Crippen LogP contribution in [0.1, 0.15) is 59.6 Å². The molecule has 1 aliphatic carbocycles. The predicted octanol–water partition coefficient (Wildman–Crippen LogP) is 6.40. The van der Waals surface area contributed by atoms with Crippen molar-refractivity contribution in [3.63, 3.8) is 0 Å². The van der Waals surface area contributed by atoms with E-state index in [-0.39, 0.29) is 22.7 Å². The molecule has 3 unspecified atom stereocenters. The number of likely N-dealkylation sites (tertiary alicyclic amines) is 1. The smallest absolute Gasteiger partial charge is 0.254 e. The summed E-state index contributed by atoms with van der Waals surface area (Å²) in [6.07, 6.45) is 5.23. The molecule has 3 atom stereocenters. The number of rotatable bonds is 2. The van der Waals surface area contributed by atoms with Gasteiger partial charge in [-0.05, 0) is 49.4 Å². The Morgan fingerprint density at radius 1 is 1.07 bits per heavy atom. The molecule has 4 heteroatoms. The lowest BCUT2D eigenvalue weighted by Crippen LogP contribution is -2.53. The Morgan fingerprint density at radius 3 is 2.59 bits per heavy atom. The van der Waals surface area contributed by atoms with Gasteiger partial charge in [0.25, 0.3) is 5.91 Å². The van der Waals surface area contributed by atoms with E-state index in [0.29, 0.717) is 6.54 Å². The fraction of sp³-hybridized carbons (Fsp3) is 0.435. The van der Waals surface area contributed by atoms with Crippen LogP contribution in [0.3, 0.4) is 0 Å². The average Bonchev–Trinajstić information content (AvgIpc) is 2.67. The number of aryl methyl sites for hydroxylation is 1. The maximum atomic E-state index is 13.5. The molecule has 2 fully saturated rings. The second-order valence-electron chi connectivity index (χ2n) is 7.92. The second kappa shape index (κ2) is 7.48. The van der Waals surface area contributed by atoms with Crippen LogP contribution in [0.2, 0.25) is 5.02 Å². The van der Waals surface area contributed by atoms with E-state index in [0.717, 1.165) is 47.4 Å². The Labute approximate surface area is 171 Å². The third-order valence-electron chi connectivity index (χ3n) is 6.37. The van der Waals surface area contributed by atoms with Gasteiger partial charge < -0.3 is 4.90 Å². The summed E-state index contributed by atoms with van der Waals surface area (Å²) in [5, 5.41) is 0.719. The number of piperidine rings is 1. The molecule has 2 aliphatic rings. The molecule has 1 saturated heterocycles. The zero-order chi connectivity index (χ0) is 19.0. The molecular formula is C23H25Cl2NO. The number of carbonyl (C=O) groups excluding carboxylic acids is 1. The highest BCUT2D eigenvalue weighted by atomic mass is 35.5. The van der Waals surface area contributed by atoms with Crippen molar-refractivity contribution in [2.45, 2.75) is 49.9 Å². The van der Waals surface area contributed by atoms with Gasteiger partial charge in [-0.2, -0.15) is 0 Å². The van der Waals surface area contributed by atoms with Crippen LogP contribution in [0.25, 0.3) is 0 Å². The molecule has 2 aromatic carbocycles. The third-order valence-corrected chi connectivity index (χ3v) is 7.37. The summed E-state index contributed by atoms with van der Waals surface area (Å²) in [4.78, 5) is 15.3. The van der Waals surface area contributed by atoms with Gasteiger partial charge in [-0.15, -0.1) is 11.6 Å². The van der Waals surface area contributed by atoms with E-state index in [1.165, 1.54) is 6.42 Å². The first kappa shape index (κ1) is 18.8. The number of benzene rings is 2. The van der Waals surface area contributed by atoms with Crippen molar-refractivity contribution in [3.05, 3.63) is 70.2 Å². The van der Waals surface area contributed by atoms with E-state index < -0.39 is 0 Å². The zero-order valence-electron chi connectivity index (χ0n) is 15.6. The van der Waals surface area contributed by atoms with Crippen LogP contribution in [-0.2, 0) is 0 Å². The minimum absolute atomic E-state index is 0.0719. The summed E-state index contributed by atoms with van der Waals surface area (Å²) >= 11 is 13.7. The Kier molecular flexibility index (Phi) is 5.22. The summed E-state index contributed by atoms with van der Waals surface area (Å²) in [5.74, 6) is 0.317. The van der Waals surface area contributed by atoms with E-state index in [1.54, 1.807) is 0 Å². The number of fused-ring (bicyclic) bond motifs is 1. The molecule has 1 amide bonds. The summed E-state index contributed by atoms with van der Waals surface area (Å²) in [6, 6.07) is 15.7. The van der Waals surface area contributed by atoms with E-state index in [2.05, 4.69) is 6.07 Å². The lowest BCUT2D eigenvalue weighted by molar-refractivity contribution is 0.0279. The van der Waals surface area contributed by atoms with Crippen molar-refractivity contribution in [1.82, 2.24) is 4.90 Å². The first-order chi connectivity index (χ1) is 13.0. The Balaban J connectivity index is 1.79. The largest absolute Gasteiger partial charge is 0.331 e. The van der Waals surface area contributed by atoms with E-state index in [1.807, 2.05) is 54.3 Å². The summed E-state index contributed by atoms with van der Waals surface area (Å²) in [7, 11) is 0. The number of hydrogen-bond donors (Lipinski definition) is 0.